The van der Waals surface area contributed by atoms with E-state index in [9.17, 15) is 4.57 Å². The molecule has 1 aliphatic carbocycles. The predicted octanol–water partition coefficient (Wildman–Crippen LogP) is 4.24. The zero-order valence-electron chi connectivity index (χ0n) is 11.9. The van der Waals surface area contributed by atoms with Gasteiger partial charge in [-0.3, -0.25) is 4.52 Å². The second-order valence-corrected chi connectivity index (χ2v) is 7.70. The SMILES string of the molecule is C[C@H]1CCc2cccc3c2[C@@H]1OP(=O)(c1ccccc1)O3. The summed E-state index contributed by atoms with van der Waals surface area (Å²) >= 11 is 0. The minimum absolute atomic E-state index is 0.135. The van der Waals surface area contributed by atoms with Crippen molar-refractivity contribution in [3.63, 3.8) is 0 Å². The molecule has 1 aliphatic heterocycles. The van der Waals surface area contributed by atoms with Gasteiger partial charge >= 0.3 is 7.60 Å². The zero-order chi connectivity index (χ0) is 14.4. The van der Waals surface area contributed by atoms with E-state index < -0.39 is 7.60 Å². The molecule has 2 aromatic rings. The molecule has 21 heavy (non-hydrogen) atoms. The van der Waals surface area contributed by atoms with Crippen LogP contribution in [0, 0.1) is 5.92 Å². The molecule has 1 heterocycles. The molecule has 0 radical (unpaired) electrons. The Bertz CT molecular complexity index is 726. The van der Waals surface area contributed by atoms with Crippen LogP contribution in [0.2, 0.25) is 0 Å². The summed E-state index contributed by atoms with van der Waals surface area (Å²) < 4.78 is 25.1. The lowest BCUT2D eigenvalue weighted by Crippen LogP contribution is -2.28. The van der Waals surface area contributed by atoms with Gasteiger partial charge in [-0.25, -0.2) is 4.57 Å². The molecule has 2 aliphatic rings. The minimum atomic E-state index is -3.29. The Balaban J connectivity index is 1.86. The Labute approximate surface area is 124 Å². The van der Waals surface area contributed by atoms with E-state index in [1.54, 1.807) is 0 Å². The maximum absolute atomic E-state index is 13.2. The second-order valence-electron chi connectivity index (χ2n) is 5.80. The van der Waals surface area contributed by atoms with Gasteiger partial charge in [0.25, 0.3) is 0 Å². The average molecular weight is 300 g/mol. The van der Waals surface area contributed by atoms with Crippen LogP contribution >= 0.6 is 7.60 Å². The molecule has 0 saturated carbocycles. The van der Waals surface area contributed by atoms with Gasteiger partial charge in [0.15, 0.2) is 0 Å². The van der Waals surface area contributed by atoms with Gasteiger partial charge in [-0.2, -0.15) is 0 Å². The average Bonchev–Trinajstić information content (AvgIpc) is 2.51. The highest BCUT2D eigenvalue weighted by molar-refractivity contribution is 7.62. The summed E-state index contributed by atoms with van der Waals surface area (Å²) in [7, 11) is -3.29. The highest BCUT2D eigenvalue weighted by Crippen LogP contribution is 2.60. The highest BCUT2D eigenvalue weighted by Gasteiger charge is 2.43. The van der Waals surface area contributed by atoms with Crippen molar-refractivity contribution in [2.45, 2.75) is 25.9 Å². The van der Waals surface area contributed by atoms with Gasteiger partial charge in [0, 0.05) is 5.56 Å². The molecule has 3 nitrogen and oxygen atoms in total. The summed E-state index contributed by atoms with van der Waals surface area (Å²) in [5.74, 6) is 1.07. The van der Waals surface area contributed by atoms with Crippen molar-refractivity contribution >= 4 is 12.9 Å². The van der Waals surface area contributed by atoms with E-state index in [4.69, 9.17) is 9.05 Å². The standard InChI is InChI=1S/C17H17O3P/c1-12-10-11-13-6-5-9-15-16(13)17(12)20-21(18,19-15)14-7-3-2-4-8-14/h2-9,12,17H,10-11H2,1H3/t12-,17+,21?/m0/s1. The van der Waals surface area contributed by atoms with E-state index in [0.29, 0.717) is 11.2 Å². The van der Waals surface area contributed by atoms with Gasteiger partial charge in [-0.1, -0.05) is 37.3 Å². The van der Waals surface area contributed by atoms with Crippen molar-refractivity contribution in [3.8, 4) is 5.75 Å². The maximum Gasteiger partial charge on any atom is 0.411 e. The second kappa shape index (κ2) is 4.72. The smallest absolute Gasteiger partial charge is 0.411 e. The lowest BCUT2D eigenvalue weighted by molar-refractivity contribution is 0.102. The van der Waals surface area contributed by atoms with E-state index in [-0.39, 0.29) is 6.10 Å². The first-order valence-corrected chi connectivity index (χ1v) is 8.87. The van der Waals surface area contributed by atoms with Crippen molar-refractivity contribution in [1.82, 2.24) is 0 Å². The van der Waals surface area contributed by atoms with Gasteiger partial charge in [0.2, 0.25) is 0 Å². The topological polar surface area (TPSA) is 35.5 Å². The first-order valence-electron chi connectivity index (χ1n) is 7.33. The van der Waals surface area contributed by atoms with Crippen molar-refractivity contribution in [3.05, 3.63) is 59.7 Å². The largest absolute Gasteiger partial charge is 0.421 e. The highest BCUT2D eigenvalue weighted by atomic mass is 31.2. The van der Waals surface area contributed by atoms with Crippen LogP contribution in [0.25, 0.3) is 0 Å². The van der Waals surface area contributed by atoms with Gasteiger partial charge in [0.05, 0.1) is 11.4 Å². The molecule has 0 amide bonds. The molecule has 0 fully saturated rings. The summed E-state index contributed by atoms with van der Waals surface area (Å²) in [6, 6.07) is 15.2. The van der Waals surface area contributed by atoms with E-state index in [0.717, 1.165) is 24.2 Å². The van der Waals surface area contributed by atoms with Crippen LogP contribution in [-0.4, -0.2) is 0 Å². The monoisotopic (exact) mass is 300 g/mol. The van der Waals surface area contributed by atoms with E-state index in [2.05, 4.69) is 13.0 Å². The Morgan fingerprint density at radius 2 is 1.90 bits per heavy atom. The number of benzene rings is 2. The van der Waals surface area contributed by atoms with E-state index in [1.807, 2.05) is 42.5 Å². The summed E-state index contributed by atoms with van der Waals surface area (Å²) in [4.78, 5) is 0. The van der Waals surface area contributed by atoms with E-state index in [1.165, 1.54) is 5.56 Å². The van der Waals surface area contributed by atoms with Crippen LogP contribution < -0.4 is 9.83 Å². The third kappa shape index (κ3) is 2.04. The first kappa shape index (κ1) is 13.1. The number of hydrogen-bond acceptors (Lipinski definition) is 3. The van der Waals surface area contributed by atoms with Crippen LogP contribution in [0.4, 0.5) is 0 Å². The fraction of sp³-hybridized carbons (Fsp3) is 0.294. The van der Waals surface area contributed by atoms with Crippen LogP contribution in [-0.2, 0) is 15.5 Å². The van der Waals surface area contributed by atoms with Gasteiger partial charge in [-0.15, -0.1) is 0 Å². The van der Waals surface area contributed by atoms with Gasteiger partial charge in [-0.05, 0) is 42.5 Å². The quantitative estimate of drug-likeness (QED) is 0.739. The predicted molar refractivity (Wildman–Crippen MR) is 82.1 cm³/mol. The molecule has 108 valence electrons. The third-order valence-electron chi connectivity index (χ3n) is 4.37. The summed E-state index contributed by atoms with van der Waals surface area (Å²) in [5, 5.41) is 0.624. The molecule has 0 aromatic heterocycles. The third-order valence-corrected chi connectivity index (χ3v) is 6.24. The first-order chi connectivity index (χ1) is 10.2. The Morgan fingerprint density at radius 1 is 1.10 bits per heavy atom. The van der Waals surface area contributed by atoms with Crippen LogP contribution in [0.5, 0.6) is 5.75 Å². The van der Waals surface area contributed by atoms with Crippen LogP contribution in [0.3, 0.4) is 0 Å². The molecule has 2 aromatic carbocycles. The molecule has 0 N–H and O–H groups in total. The van der Waals surface area contributed by atoms with Crippen molar-refractivity contribution < 1.29 is 13.6 Å². The molecular formula is C17H17O3P. The zero-order valence-corrected chi connectivity index (χ0v) is 12.8. The lowest BCUT2D eigenvalue weighted by Gasteiger charge is -2.39. The summed E-state index contributed by atoms with van der Waals surface area (Å²) in [5.41, 5.74) is 2.36. The Hall–Kier alpha value is -1.57. The maximum atomic E-state index is 13.2. The van der Waals surface area contributed by atoms with Crippen molar-refractivity contribution in [2.24, 2.45) is 5.92 Å². The number of rotatable bonds is 1. The molecule has 1 unspecified atom stereocenters. The molecule has 0 spiro atoms. The number of aryl methyl sites for hydroxylation is 1. The molecule has 0 bridgehead atoms. The summed E-state index contributed by atoms with van der Waals surface area (Å²) in [6.07, 6.45) is 1.95. The minimum Gasteiger partial charge on any atom is -0.421 e. The fourth-order valence-corrected chi connectivity index (χ4v) is 5.05. The van der Waals surface area contributed by atoms with Crippen molar-refractivity contribution in [2.75, 3.05) is 0 Å². The molecule has 3 atom stereocenters. The van der Waals surface area contributed by atoms with Gasteiger partial charge in [0.1, 0.15) is 5.75 Å². The van der Waals surface area contributed by atoms with E-state index >= 15 is 0 Å². The molecule has 4 heteroatoms. The van der Waals surface area contributed by atoms with Crippen LogP contribution in [0.15, 0.2) is 48.5 Å². The Kier molecular flexibility index (Phi) is 2.95. The molecule has 0 saturated heterocycles. The normalized spacial score (nSPS) is 30.3. The number of hydrogen-bond donors (Lipinski definition) is 0. The fourth-order valence-electron chi connectivity index (χ4n) is 3.21. The Morgan fingerprint density at radius 3 is 2.71 bits per heavy atom. The molecule has 4 rings (SSSR count). The molecular weight excluding hydrogens is 283 g/mol. The van der Waals surface area contributed by atoms with Crippen molar-refractivity contribution in [1.29, 1.82) is 0 Å². The lowest BCUT2D eigenvalue weighted by atomic mass is 9.82. The van der Waals surface area contributed by atoms with Crippen LogP contribution in [0.1, 0.15) is 30.6 Å². The summed E-state index contributed by atoms with van der Waals surface area (Å²) in [6.45, 7) is 2.16. The van der Waals surface area contributed by atoms with Gasteiger partial charge < -0.3 is 4.52 Å².